The van der Waals surface area contributed by atoms with Crippen molar-refractivity contribution >= 4 is 33.7 Å². The van der Waals surface area contributed by atoms with Gasteiger partial charge in [-0.1, -0.05) is 33.6 Å². The van der Waals surface area contributed by atoms with Crippen LogP contribution in [0.1, 0.15) is 11.1 Å². The monoisotopic (exact) mass is 402 g/mol. The van der Waals surface area contributed by atoms with Gasteiger partial charge >= 0.3 is 6.16 Å². The highest BCUT2D eigenvalue weighted by Gasteiger charge is 2.14. The van der Waals surface area contributed by atoms with E-state index < -0.39 is 12.0 Å². The zero-order valence-corrected chi connectivity index (χ0v) is 14.7. The van der Waals surface area contributed by atoms with E-state index in [0.29, 0.717) is 20.6 Å². The summed E-state index contributed by atoms with van der Waals surface area (Å²) in [5.41, 5.74) is 0.993. The zero-order chi connectivity index (χ0) is 17.0. The first-order chi connectivity index (χ1) is 10.9. The van der Waals surface area contributed by atoms with Gasteiger partial charge < -0.3 is 14.2 Å². The van der Waals surface area contributed by atoms with Gasteiger partial charge in [-0.25, -0.2) is 9.18 Å². The second-order valence-corrected chi connectivity index (χ2v) is 5.85. The number of halogens is 3. The highest BCUT2D eigenvalue weighted by molar-refractivity contribution is 9.10. The van der Waals surface area contributed by atoms with Gasteiger partial charge in [-0.2, -0.15) is 0 Å². The van der Waals surface area contributed by atoms with Crippen LogP contribution in [0, 0.1) is 12.7 Å². The summed E-state index contributed by atoms with van der Waals surface area (Å²) < 4.78 is 29.4. The van der Waals surface area contributed by atoms with E-state index >= 15 is 0 Å². The van der Waals surface area contributed by atoms with Crippen LogP contribution in [0.2, 0.25) is 5.02 Å². The fraction of sp³-hybridized carbons (Fsp3) is 0.188. The molecule has 0 unspecified atom stereocenters. The van der Waals surface area contributed by atoms with Crippen molar-refractivity contribution < 1.29 is 23.4 Å². The van der Waals surface area contributed by atoms with Gasteiger partial charge in [0, 0.05) is 16.1 Å². The van der Waals surface area contributed by atoms with Gasteiger partial charge in [-0.3, -0.25) is 0 Å². The third-order valence-electron chi connectivity index (χ3n) is 3.02. The molecular formula is C16H13BrClFO4. The first-order valence-corrected chi connectivity index (χ1v) is 7.71. The van der Waals surface area contributed by atoms with Crippen LogP contribution in [0.15, 0.2) is 34.8 Å². The molecule has 0 saturated carbocycles. The fourth-order valence-corrected chi connectivity index (χ4v) is 2.53. The lowest BCUT2D eigenvalue weighted by Gasteiger charge is -2.13. The summed E-state index contributed by atoms with van der Waals surface area (Å²) in [6, 6.07) is 7.76. The molecule has 0 aliphatic rings. The van der Waals surface area contributed by atoms with E-state index in [-0.39, 0.29) is 18.1 Å². The van der Waals surface area contributed by atoms with Crippen molar-refractivity contribution in [3.8, 4) is 11.5 Å². The van der Waals surface area contributed by atoms with Gasteiger partial charge in [0.25, 0.3) is 0 Å². The average molecular weight is 404 g/mol. The van der Waals surface area contributed by atoms with Crippen LogP contribution in [0.3, 0.4) is 0 Å². The van der Waals surface area contributed by atoms with E-state index in [9.17, 15) is 9.18 Å². The normalized spacial score (nSPS) is 10.3. The van der Waals surface area contributed by atoms with Gasteiger partial charge in [-0.05, 0) is 30.7 Å². The molecule has 0 spiro atoms. The second-order valence-electron chi connectivity index (χ2n) is 4.59. The van der Waals surface area contributed by atoms with Crippen LogP contribution in [-0.2, 0) is 11.3 Å². The van der Waals surface area contributed by atoms with Crippen LogP contribution in [-0.4, -0.2) is 13.3 Å². The van der Waals surface area contributed by atoms with Crippen LogP contribution in [0.25, 0.3) is 0 Å². The Hall–Kier alpha value is -1.79. The SMILES string of the molecule is COC(=O)Oc1cccc(Br)c1COc1cc(F)c(C)cc1Cl. The third-order valence-corrected chi connectivity index (χ3v) is 4.06. The van der Waals surface area contributed by atoms with Crippen LogP contribution in [0.4, 0.5) is 9.18 Å². The topological polar surface area (TPSA) is 44.8 Å². The molecule has 23 heavy (non-hydrogen) atoms. The number of hydrogen-bond acceptors (Lipinski definition) is 4. The van der Waals surface area contributed by atoms with Gasteiger partial charge in [0.15, 0.2) is 0 Å². The molecule has 0 aromatic heterocycles. The van der Waals surface area contributed by atoms with E-state index in [1.54, 1.807) is 25.1 Å². The van der Waals surface area contributed by atoms with Crippen molar-refractivity contribution in [3.05, 3.63) is 56.8 Å². The summed E-state index contributed by atoms with van der Waals surface area (Å²) in [4.78, 5) is 11.3. The third kappa shape index (κ3) is 4.36. The molecule has 4 nitrogen and oxygen atoms in total. The average Bonchev–Trinajstić information content (AvgIpc) is 2.51. The fourth-order valence-electron chi connectivity index (χ4n) is 1.79. The number of aryl methyl sites for hydroxylation is 1. The molecule has 2 aromatic carbocycles. The van der Waals surface area contributed by atoms with Crippen molar-refractivity contribution in [2.75, 3.05) is 7.11 Å². The predicted molar refractivity (Wildman–Crippen MR) is 87.7 cm³/mol. The zero-order valence-electron chi connectivity index (χ0n) is 12.4. The Bertz CT molecular complexity index is 736. The first-order valence-electron chi connectivity index (χ1n) is 6.54. The van der Waals surface area contributed by atoms with Crippen LogP contribution in [0.5, 0.6) is 11.5 Å². The number of hydrogen-bond donors (Lipinski definition) is 0. The smallest absolute Gasteiger partial charge is 0.487 e. The highest BCUT2D eigenvalue weighted by Crippen LogP contribution is 2.32. The number of methoxy groups -OCH3 is 1. The highest BCUT2D eigenvalue weighted by atomic mass is 79.9. The summed E-state index contributed by atoms with van der Waals surface area (Å²) in [6.07, 6.45) is -0.844. The first kappa shape index (κ1) is 17.6. The Morgan fingerprint density at radius 3 is 2.74 bits per heavy atom. The van der Waals surface area contributed by atoms with Gasteiger partial charge in [0.2, 0.25) is 0 Å². The maximum Gasteiger partial charge on any atom is 0.513 e. The quantitative estimate of drug-likeness (QED) is 0.515. The van der Waals surface area contributed by atoms with Crippen molar-refractivity contribution in [1.29, 1.82) is 0 Å². The number of carbonyl (C=O) groups excluding carboxylic acids is 1. The van der Waals surface area contributed by atoms with Gasteiger partial charge in [0.05, 0.1) is 12.1 Å². The molecule has 0 fully saturated rings. The lowest BCUT2D eigenvalue weighted by atomic mass is 10.2. The summed E-state index contributed by atoms with van der Waals surface area (Å²) in [6.45, 7) is 1.64. The van der Waals surface area contributed by atoms with Gasteiger partial charge in [0.1, 0.15) is 23.9 Å². The number of rotatable bonds is 4. The Kier molecular flexibility index (Phi) is 5.85. The second kappa shape index (κ2) is 7.66. The van der Waals surface area contributed by atoms with Crippen molar-refractivity contribution in [3.63, 3.8) is 0 Å². The summed E-state index contributed by atoms with van der Waals surface area (Å²) in [5, 5.41) is 0.298. The van der Waals surface area contributed by atoms with E-state index in [0.717, 1.165) is 0 Å². The number of ether oxygens (including phenoxy) is 3. The molecule has 0 bridgehead atoms. The molecule has 0 atom stereocenters. The molecular weight excluding hydrogens is 391 g/mol. The Labute approximate surface area is 146 Å². The molecule has 0 N–H and O–H groups in total. The maximum absolute atomic E-state index is 13.6. The summed E-state index contributed by atoms with van der Waals surface area (Å²) in [5.74, 6) is 0.0621. The standard InChI is InChI=1S/C16H13BrClFO4/c1-9-6-12(18)15(7-13(9)19)22-8-10-11(17)4-3-5-14(10)23-16(20)21-2/h3-7H,8H2,1-2H3. The van der Waals surface area contributed by atoms with Crippen molar-refractivity contribution in [2.45, 2.75) is 13.5 Å². The molecule has 2 rings (SSSR count). The Morgan fingerprint density at radius 2 is 2.04 bits per heavy atom. The van der Waals surface area contributed by atoms with Crippen LogP contribution < -0.4 is 9.47 Å². The van der Waals surface area contributed by atoms with E-state index in [2.05, 4.69) is 20.7 Å². The van der Waals surface area contributed by atoms with E-state index in [1.165, 1.54) is 19.2 Å². The minimum atomic E-state index is -0.844. The molecule has 0 aliphatic carbocycles. The molecule has 0 radical (unpaired) electrons. The maximum atomic E-state index is 13.6. The van der Waals surface area contributed by atoms with E-state index in [1.807, 2.05) is 0 Å². The molecule has 0 aliphatic heterocycles. The number of carbonyl (C=O) groups is 1. The number of benzene rings is 2. The lowest BCUT2D eigenvalue weighted by Crippen LogP contribution is -2.10. The van der Waals surface area contributed by atoms with Gasteiger partial charge in [-0.15, -0.1) is 0 Å². The Balaban J connectivity index is 2.23. The molecule has 0 amide bonds. The lowest BCUT2D eigenvalue weighted by molar-refractivity contribution is 0.120. The van der Waals surface area contributed by atoms with Crippen molar-refractivity contribution in [1.82, 2.24) is 0 Å². The summed E-state index contributed by atoms with van der Waals surface area (Å²) in [7, 11) is 1.21. The van der Waals surface area contributed by atoms with Crippen LogP contribution >= 0.6 is 27.5 Å². The largest absolute Gasteiger partial charge is 0.513 e. The minimum absolute atomic E-state index is 0.0238. The summed E-state index contributed by atoms with van der Waals surface area (Å²) >= 11 is 9.40. The Morgan fingerprint density at radius 1 is 1.30 bits per heavy atom. The molecule has 2 aromatic rings. The minimum Gasteiger partial charge on any atom is -0.487 e. The van der Waals surface area contributed by atoms with Crippen molar-refractivity contribution in [2.24, 2.45) is 0 Å². The molecule has 7 heteroatoms. The molecule has 122 valence electrons. The van der Waals surface area contributed by atoms with E-state index in [4.69, 9.17) is 21.1 Å². The molecule has 0 heterocycles. The predicted octanol–water partition coefficient (Wildman–Crippen LogP) is 5.27. The molecule has 0 saturated heterocycles.